The summed E-state index contributed by atoms with van der Waals surface area (Å²) in [5.74, 6) is 2.65. The predicted octanol–water partition coefficient (Wildman–Crippen LogP) is 4.80. The molecule has 3 aliphatic carbocycles. The fourth-order valence-corrected chi connectivity index (χ4v) is 5.48. The predicted molar refractivity (Wildman–Crippen MR) is 84.9 cm³/mol. The quantitative estimate of drug-likeness (QED) is 0.730. The lowest BCUT2D eigenvalue weighted by Gasteiger charge is -2.30. The number of oxime groups is 1. The summed E-state index contributed by atoms with van der Waals surface area (Å²) in [5.41, 5.74) is 3.03. The van der Waals surface area contributed by atoms with E-state index in [1.807, 2.05) is 6.07 Å². The van der Waals surface area contributed by atoms with Crippen molar-refractivity contribution in [3.63, 3.8) is 0 Å². The van der Waals surface area contributed by atoms with Crippen molar-refractivity contribution in [1.29, 1.82) is 0 Å². The average molecular weight is 283 g/mol. The van der Waals surface area contributed by atoms with Gasteiger partial charge >= 0.3 is 0 Å². The van der Waals surface area contributed by atoms with Crippen LogP contribution in [0.15, 0.2) is 35.5 Å². The van der Waals surface area contributed by atoms with Gasteiger partial charge in [0.1, 0.15) is 6.61 Å². The molecule has 21 heavy (non-hydrogen) atoms. The number of hydrogen-bond acceptors (Lipinski definition) is 2. The molecule has 112 valence electrons. The molecule has 3 saturated carbocycles. The maximum atomic E-state index is 5.74. The molecule has 3 aliphatic rings. The minimum absolute atomic E-state index is 0.427. The van der Waals surface area contributed by atoms with Crippen LogP contribution in [-0.4, -0.2) is 5.71 Å². The summed E-state index contributed by atoms with van der Waals surface area (Å²) in [6.07, 6.45) is 8.13. The Morgan fingerprint density at radius 1 is 1.14 bits per heavy atom. The van der Waals surface area contributed by atoms with Crippen LogP contribution >= 0.6 is 0 Å². The Bertz CT molecular complexity index is 538. The molecule has 0 radical (unpaired) electrons. The van der Waals surface area contributed by atoms with Gasteiger partial charge < -0.3 is 4.84 Å². The second-order valence-electron chi connectivity index (χ2n) is 7.39. The summed E-state index contributed by atoms with van der Waals surface area (Å²) in [7, 11) is 0. The zero-order valence-corrected chi connectivity index (χ0v) is 12.9. The summed E-state index contributed by atoms with van der Waals surface area (Å²) >= 11 is 0. The lowest BCUT2D eigenvalue weighted by molar-refractivity contribution is 0.124. The van der Waals surface area contributed by atoms with E-state index >= 15 is 0 Å². The fraction of sp³-hybridized carbons (Fsp3) is 0.632. The number of rotatable bonds is 3. The summed E-state index contributed by atoms with van der Waals surface area (Å²) in [6.45, 7) is 3.02. The molecular weight excluding hydrogens is 258 g/mol. The van der Waals surface area contributed by atoms with Gasteiger partial charge in [-0.25, -0.2) is 0 Å². The third kappa shape index (κ3) is 2.11. The van der Waals surface area contributed by atoms with Crippen LogP contribution in [0.3, 0.4) is 0 Å². The van der Waals surface area contributed by atoms with Crippen LogP contribution in [0.5, 0.6) is 0 Å². The van der Waals surface area contributed by atoms with Crippen molar-refractivity contribution in [2.45, 2.75) is 52.1 Å². The Labute approximate surface area is 127 Å². The van der Waals surface area contributed by atoms with Gasteiger partial charge in [-0.3, -0.25) is 0 Å². The molecule has 3 fully saturated rings. The van der Waals surface area contributed by atoms with Crippen molar-refractivity contribution in [3.05, 3.63) is 35.9 Å². The van der Waals surface area contributed by atoms with E-state index in [0.717, 1.165) is 17.8 Å². The second kappa shape index (κ2) is 5.15. The molecule has 0 heterocycles. The molecule has 0 bridgehead atoms. The lowest BCUT2D eigenvalue weighted by Crippen LogP contribution is -2.31. The number of benzene rings is 1. The van der Waals surface area contributed by atoms with Gasteiger partial charge in [0.05, 0.1) is 5.71 Å². The Morgan fingerprint density at radius 3 is 2.81 bits per heavy atom. The van der Waals surface area contributed by atoms with Gasteiger partial charge in [-0.1, -0.05) is 42.4 Å². The fourth-order valence-electron chi connectivity index (χ4n) is 5.48. The van der Waals surface area contributed by atoms with E-state index in [0.29, 0.717) is 12.0 Å². The maximum absolute atomic E-state index is 5.74. The Kier molecular flexibility index (Phi) is 3.28. The zero-order valence-electron chi connectivity index (χ0n) is 12.9. The smallest absolute Gasteiger partial charge is 0.142 e. The van der Waals surface area contributed by atoms with Gasteiger partial charge in [-0.15, -0.1) is 0 Å². The Morgan fingerprint density at radius 2 is 1.95 bits per heavy atom. The highest BCUT2D eigenvalue weighted by atomic mass is 16.6. The topological polar surface area (TPSA) is 21.6 Å². The van der Waals surface area contributed by atoms with Crippen LogP contribution in [0.1, 0.15) is 51.0 Å². The van der Waals surface area contributed by atoms with Crippen LogP contribution in [0.25, 0.3) is 0 Å². The van der Waals surface area contributed by atoms with E-state index < -0.39 is 0 Å². The molecule has 4 atom stereocenters. The van der Waals surface area contributed by atoms with Crippen molar-refractivity contribution in [1.82, 2.24) is 0 Å². The van der Waals surface area contributed by atoms with E-state index in [2.05, 4.69) is 36.3 Å². The molecule has 1 aromatic carbocycles. The van der Waals surface area contributed by atoms with E-state index in [1.54, 1.807) is 0 Å². The number of hydrogen-bond donors (Lipinski definition) is 0. The van der Waals surface area contributed by atoms with Gasteiger partial charge in [-0.2, -0.15) is 0 Å². The minimum Gasteiger partial charge on any atom is -0.391 e. The van der Waals surface area contributed by atoms with Crippen molar-refractivity contribution in [2.75, 3.05) is 0 Å². The first-order valence-electron chi connectivity index (χ1n) is 8.52. The largest absolute Gasteiger partial charge is 0.391 e. The van der Waals surface area contributed by atoms with Gasteiger partial charge in [0.15, 0.2) is 0 Å². The molecule has 0 aliphatic heterocycles. The highest BCUT2D eigenvalue weighted by Gasteiger charge is 2.60. The van der Waals surface area contributed by atoms with Crippen LogP contribution in [-0.2, 0) is 11.4 Å². The molecule has 0 N–H and O–H groups in total. The van der Waals surface area contributed by atoms with Gasteiger partial charge in [0.25, 0.3) is 0 Å². The van der Waals surface area contributed by atoms with E-state index in [4.69, 9.17) is 4.84 Å². The molecule has 0 saturated heterocycles. The van der Waals surface area contributed by atoms with E-state index in [9.17, 15) is 0 Å². The minimum atomic E-state index is 0.427. The third-order valence-electron chi connectivity index (χ3n) is 6.21. The summed E-state index contributed by atoms with van der Waals surface area (Å²) in [4.78, 5) is 5.74. The van der Waals surface area contributed by atoms with E-state index in [1.165, 1.54) is 49.8 Å². The first kappa shape index (κ1) is 13.4. The van der Waals surface area contributed by atoms with Crippen LogP contribution < -0.4 is 0 Å². The monoisotopic (exact) mass is 283 g/mol. The van der Waals surface area contributed by atoms with Gasteiger partial charge in [0, 0.05) is 5.41 Å². The summed E-state index contributed by atoms with van der Waals surface area (Å²) < 4.78 is 0. The molecule has 2 heteroatoms. The molecule has 4 rings (SSSR count). The zero-order chi connectivity index (χ0) is 14.3. The van der Waals surface area contributed by atoms with Crippen LogP contribution in [0.4, 0.5) is 0 Å². The molecule has 0 amide bonds. The lowest BCUT2D eigenvalue weighted by atomic mass is 9.74. The maximum Gasteiger partial charge on any atom is 0.142 e. The number of nitrogens with zero attached hydrogens (tertiary/aromatic N) is 1. The molecular formula is C19H25NO. The first-order valence-corrected chi connectivity index (χ1v) is 8.52. The van der Waals surface area contributed by atoms with E-state index in [-0.39, 0.29) is 0 Å². The Hall–Kier alpha value is -1.31. The highest BCUT2D eigenvalue weighted by molar-refractivity contribution is 5.93. The molecule has 1 aromatic rings. The third-order valence-corrected chi connectivity index (χ3v) is 6.21. The highest BCUT2D eigenvalue weighted by Crippen LogP contribution is 2.64. The molecule has 1 spiro atoms. The Balaban J connectivity index is 1.51. The first-order chi connectivity index (χ1) is 10.3. The van der Waals surface area contributed by atoms with Gasteiger partial charge in [0.2, 0.25) is 0 Å². The standard InChI is InChI=1S/C19H25NO/c1-14-11-17-8-7-16-9-10-18(19(16,17)12-14)20-21-13-15-5-3-2-4-6-15/h2-6,14,16-17H,7-13H2,1H3/b20-18+/t14-,16+,17+,19-/m0/s1. The van der Waals surface area contributed by atoms with Crippen molar-refractivity contribution in [2.24, 2.45) is 28.3 Å². The molecule has 0 aromatic heterocycles. The van der Waals surface area contributed by atoms with Crippen molar-refractivity contribution < 1.29 is 4.84 Å². The molecule has 2 nitrogen and oxygen atoms in total. The van der Waals surface area contributed by atoms with Crippen molar-refractivity contribution in [3.8, 4) is 0 Å². The average Bonchev–Trinajstić information content (AvgIpc) is 3.09. The molecule has 0 unspecified atom stereocenters. The van der Waals surface area contributed by atoms with Crippen LogP contribution in [0.2, 0.25) is 0 Å². The summed E-state index contributed by atoms with van der Waals surface area (Å²) in [5, 5.41) is 4.65. The summed E-state index contributed by atoms with van der Waals surface area (Å²) in [6, 6.07) is 10.4. The normalized spacial score (nSPS) is 39.5. The SMILES string of the molecule is C[C@H]1C[C@H]2CC[C@@H]3CC/C(=N\OCc4ccccc4)[C@@]32C1. The second-order valence-corrected chi connectivity index (χ2v) is 7.39. The van der Waals surface area contributed by atoms with Crippen LogP contribution in [0, 0.1) is 23.2 Å². The van der Waals surface area contributed by atoms with Crippen molar-refractivity contribution >= 4 is 5.71 Å². The van der Waals surface area contributed by atoms with Gasteiger partial charge in [-0.05, 0) is 61.8 Å².